The molecule has 114 valence electrons. The van der Waals surface area contributed by atoms with Crippen molar-refractivity contribution in [3.63, 3.8) is 0 Å². The van der Waals surface area contributed by atoms with Crippen LogP contribution in [0.1, 0.15) is 34.3 Å². The highest BCUT2D eigenvalue weighted by Gasteiger charge is 2.39. The predicted octanol–water partition coefficient (Wildman–Crippen LogP) is 2.73. The number of ketones is 1. The van der Waals surface area contributed by atoms with Gasteiger partial charge in [0.15, 0.2) is 5.76 Å². The van der Waals surface area contributed by atoms with Crippen LogP contribution in [0.25, 0.3) is 0 Å². The first kappa shape index (κ1) is 14.4. The van der Waals surface area contributed by atoms with Gasteiger partial charge in [-0.2, -0.15) is 0 Å². The monoisotopic (exact) mass is 302 g/mol. The average Bonchev–Trinajstić information content (AvgIpc) is 3.29. The van der Waals surface area contributed by atoms with Gasteiger partial charge < -0.3 is 23.5 Å². The lowest BCUT2D eigenvalue weighted by atomic mass is 9.87. The van der Waals surface area contributed by atoms with Crippen LogP contribution in [0, 0.1) is 5.92 Å². The van der Waals surface area contributed by atoms with Gasteiger partial charge in [0.1, 0.15) is 23.7 Å². The molecule has 0 fully saturated rings. The van der Waals surface area contributed by atoms with Gasteiger partial charge in [-0.1, -0.05) is 0 Å². The fourth-order valence-corrected chi connectivity index (χ4v) is 2.32. The van der Waals surface area contributed by atoms with E-state index < -0.39 is 23.9 Å². The number of aliphatic hydroxyl groups is 2. The molecule has 3 aromatic rings. The maximum Gasteiger partial charge on any atom is 0.207 e. The number of hydrogen-bond acceptors (Lipinski definition) is 6. The smallest absolute Gasteiger partial charge is 0.207 e. The number of rotatable bonds is 6. The summed E-state index contributed by atoms with van der Waals surface area (Å²) < 4.78 is 15.4. The van der Waals surface area contributed by atoms with E-state index in [9.17, 15) is 15.0 Å². The highest BCUT2D eigenvalue weighted by molar-refractivity contribution is 5.96. The Morgan fingerprint density at radius 3 is 1.73 bits per heavy atom. The minimum Gasteiger partial charge on any atom is -0.467 e. The molecular formula is C16H14O6. The van der Waals surface area contributed by atoms with Gasteiger partial charge in [-0.3, -0.25) is 4.79 Å². The summed E-state index contributed by atoms with van der Waals surface area (Å²) in [5.41, 5.74) is 0. The maximum absolute atomic E-state index is 12.6. The second kappa shape index (κ2) is 6.05. The largest absolute Gasteiger partial charge is 0.467 e. The SMILES string of the molecule is O=C(c1ccco1)C([C@H](O)c1ccco1)[C@@H](O)c1ccco1. The number of carbonyl (C=O) groups excluding carboxylic acids is 1. The number of Topliss-reactive ketones (excluding diaryl/α,β-unsaturated/α-hetero) is 1. The van der Waals surface area contributed by atoms with Gasteiger partial charge in [0, 0.05) is 0 Å². The average molecular weight is 302 g/mol. The van der Waals surface area contributed by atoms with Crippen LogP contribution in [0.15, 0.2) is 68.4 Å². The van der Waals surface area contributed by atoms with E-state index >= 15 is 0 Å². The Balaban J connectivity index is 1.96. The molecule has 0 aliphatic rings. The quantitative estimate of drug-likeness (QED) is 0.679. The predicted molar refractivity (Wildman–Crippen MR) is 73.9 cm³/mol. The van der Waals surface area contributed by atoms with Crippen LogP contribution in [0.5, 0.6) is 0 Å². The van der Waals surface area contributed by atoms with Gasteiger partial charge in [-0.05, 0) is 36.4 Å². The molecule has 3 atom stereocenters. The summed E-state index contributed by atoms with van der Waals surface area (Å²) in [6, 6.07) is 9.27. The minimum atomic E-state index is -1.34. The third-order valence-corrected chi connectivity index (χ3v) is 3.42. The van der Waals surface area contributed by atoms with E-state index in [1.165, 1.54) is 37.0 Å². The molecule has 6 heteroatoms. The summed E-state index contributed by atoms with van der Waals surface area (Å²) >= 11 is 0. The van der Waals surface area contributed by atoms with E-state index in [0.717, 1.165) is 0 Å². The van der Waals surface area contributed by atoms with Crippen LogP contribution in [0.2, 0.25) is 0 Å². The van der Waals surface area contributed by atoms with Gasteiger partial charge in [0.25, 0.3) is 0 Å². The van der Waals surface area contributed by atoms with Crippen molar-refractivity contribution in [2.24, 2.45) is 5.92 Å². The zero-order valence-electron chi connectivity index (χ0n) is 11.5. The lowest BCUT2D eigenvalue weighted by Crippen LogP contribution is -2.28. The number of hydrogen-bond donors (Lipinski definition) is 2. The third kappa shape index (κ3) is 2.61. The molecule has 2 N–H and O–H groups in total. The van der Waals surface area contributed by atoms with Crippen molar-refractivity contribution in [3.8, 4) is 0 Å². The Hall–Kier alpha value is -2.57. The molecular weight excluding hydrogens is 288 g/mol. The van der Waals surface area contributed by atoms with Gasteiger partial charge in [0.05, 0.1) is 24.7 Å². The molecule has 0 aliphatic carbocycles. The van der Waals surface area contributed by atoms with Crippen molar-refractivity contribution >= 4 is 5.78 Å². The minimum absolute atomic E-state index is 0.0428. The Bertz CT molecular complexity index is 656. The fourth-order valence-electron chi connectivity index (χ4n) is 2.32. The first-order valence-electron chi connectivity index (χ1n) is 6.69. The molecule has 0 aliphatic heterocycles. The molecule has 22 heavy (non-hydrogen) atoms. The first-order chi connectivity index (χ1) is 10.7. The summed E-state index contributed by atoms with van der Waals surface area (Å²) in [5.74, 6) is -1.37. The normalized spacial score (nSPS) is 15.4. The first-order valence-corrected chi connectivity index (χ1v) is 6.69. The van der Waals surface area contributed by atoms with Crippen LogP contribution in [-0.2, 0) is 0 Å². The van der Waals surface area contributed by atoms with E-state index in [1.807, 2.05) is 0 Å². The van der Waals surface area contributed by atoms with Gasteiger partial charge in [-0.25, -0.2) is 0 Å². The molecule has 0 radical (unpaired) electrons. The van der Waals surface area contributed by atoms with Crippen molar-refractivity contribution in [1.82, 2.24) is 0 Å². The molecule has 0 spiro atoms. The molecule has 0 amide bonds. The van der Waals surface area contributed by atoms with Crippen molar-refractivity contribution < 1.29 is 28.3 Å². The molecule has 0 saturated carbocycles. The molecule has 3 rings (SSSR count). The topological polar surface area (TPSA) is 97.0 Å². The van der Waals surface area contributed by atoms with Crippen LogP contribution in [0.4, 0.5) is 0 Å². The van der Waals surface area contributed by atoms with Crippen LogP contribution >= 0.6 is 0 Å². The summed E-state index contributed by atoms with van der Waals surface area (Å²) in [6.45, 7) is 0. The summed E-state index contributed by atoms with van der Waals surface area (Å²) in [6.07, 6.45) is 1.43. The Morgan fingerprint density at radius 1 is 0.818 bits per heavy atom. The third-order valence-electron chi connectivity index (χ3n) is 3.42. The van der Waals surface area contributed by atoms with Gasteiger partial charge in [-0.15, -0.1) is 0 Å². The van der Waals surface area contributed by atoms with Crippen molar-refractivity contribution in [2.75, 3.05) is 0 Å². The Morgan fingerprint density at radius 2 is 1.32 bits per heavy atom. The molecule has 6 nitrogen and oxygen atoms in total. The highest BCUT2D eigenvalue weighted by atomic mass is 16.4. The van der Waals surface area contributed by atoms with Crippen LogP contribution in [-0.4, -0.2) is 16.0 Å². The van der Waals surface area contributed by atoms with Crippen molar-refractivity contribution in [1.29, 1.82) is 0 Å². The number of furan rings is 3. The molecule has 0 bridgehead atoms. The zero-order valence-corrected chi connectivity index (χ0v) is 11.5. The maximum atomic E-state index is 12.6. The van der Waals surface area contributed by atoms with Crippen molar-refractivity contribution in [2.45, 2.75) is 12.2 Å². The summed E-state index contributed by atoms with van der Waals surface area (Å²) in [5, 5.41) is 20.9. The van der Waals surface area contributed by atoms with Gasteiger partial charge in [0.2, 0.25) is 5.78 Å². The molecule has 3 aromatic heterocycles. The lowest BCUT2D eigenvalue weighted by Gasteiger charge is -2.23. The van der Waals surface area contributed by atoms with E-state index in [2.05, 4.69) is 0 Å². The van der Waals surface area contributed by atoms with E-state index in [1.54, 1.807) is 18.2 Å². The summed E-state index contributed by atoms with van der Waals surface area (Å²) in [7, 11) is 0. The van der Waals surface area contributed by atoms with E-state index in [-0.39, 0.29) is 17.3 Å². The van der Waals surface area contributed by atoms with E-state index in [4.69, 9.17) is 13.3 Å². The Kier molecular flexibility index (Phi) is 3.95. The molecule has 0 saturated heterocycles. The highest BCUT2D eigenvalue weighted by Crippen LogP contribution is 2.35. The standard InChI is InChI=1S/C16H14O6/c17-14(10-4-1-7-20-10)13(15(18)11-5-2-8-21-11)16(19)12-6-3-9-22-12/h1-9,13-15,17-18H/t13?,14-,15+. The second-order valence-electron chi connectivity index (χ2n) is 4.79. The van der Waals surface area contributed by atoms with Crippen molar-refractivity contribution in [3.05, 3.63) is 72.5 Å². The second-order valence-corrected chi connectivity index (χ2v) is 4.79. The fraction of sp³-hybridized carbons (Fsp3) is 0.188. The number of carbonyl (C=O) groups is 1. The van der Waals surface area contributed by atoms with Crippen LogP contribution < -0.4 is 0 Å². The Labute approximate surface area is 125 Å². The number of aliphatic hydroxyl groups excluding tert-OH is 2. The molecule has 3 heterocycles. The lowest BCUT2D eigenvalue weighted by molar-refractivity contribution is -0.00328. The molecule has 0 aromatic carbocycles. The van der Waals surface area contributed by atoms with Crippen LogP contribution in [0.3, 0.4) is 0 Å². The van der Waals surface area contributed by atoms with Gasteiger partial charge >= 0.3 is 0 Å². The molecule has 1 unspecified atom stereocenters. The van der Waals surface area contributed by atoms with E-state index in [0.29, 0.717) is 0 Å². The zero-order chi connectivity index (χ0) is 15.5. The summed E-state index contributed by atoms with van der Waals surface area (Å²) in [4.78, 5) is 12.6.